The standard InChI is InChI=1S/C16H21ClFN/c17-14-5-4-12(16(18)9-14)8-11-2-1-3-13(11)10-19-15-6-7-15/h4-5,9,11,13,15,19H,1-3,6-8,10H2. The second-order valence-corrected chi connectivity index (χ2v) is 6.51. The average molecular weight is 282 g/mol. The Bertz CT molecular complexity index is 444. The second kappa shape index (κ2) is 5.80. The van der Waals surface area contributed by atoms with Gasteiger partial charge in [-0.25, -0.2) is 4.39 Å². The van der Waals surface area contributed by atoms with Crippen molar-refractivity contribution in [2.75, 3.05) is 6.54 Å². The van der Waals surface area contributed by atoms with Crippen LogP contribution in [0.1, 0.15) is 37.7 Å². The van der Waals surface area contributed by atoms with E-state index in [9.17, 15) is 4.39 Å². The van der Waals surface area contributed by atoms with E-state index >= 15 is 0 Å². The Balaban J connectivity index is 1.60. The summed E-state index contributed by atoms with van der Waals surface area (Å²) in [6.07, 6.45) is 7.35. The highest BCUT2D eigenvalue weighted by Gasteiger charge is 2.30. The molecule has 2 fully saturated rings. The lowest BCUT2D eigenvalue weighted by molar-refractivity contribution is 0.360. The summed E-state index contributed by atoms with van der Waals surface area (Å²) < 4.78 is 13.9. The lowest BCUT2D eigenvalue weighted by Crippen LogP contribution is -2.27. The third kappa shape index (κ3) is 3.49. The van der Waals surface area contributed by atoms with E-state index in [1.165, 1.54) is 38.2 Å². The normalized spacial score (nSPS) is 26.8. The monoisotopic (exact) mass is 281 g/mol. The van der Waals surface area contributed by atoms with E-state index in [0.29, 0.717) is 10.9 Å². The molecular formula is C16H21ClFN. The Labute approximate surface area is 119 Å². The zero-order valence-electron chi connectivity index (χ0n) is 11.2. The van der Waals surface area contributed by atoms with Gasteiger partial charge in [0.25, 0.3) is 0 Å². The largest absolute Gasteiger partial charge is 0.314 e. The van der Waals surface area contributed by atoms with Crippen molar-refractivity contribution in [3.8, 4) is 0 Å². The summed E-state index contributed by atoms with van der Waals surface area (Å²) in [6, 6.07) is 5.85. The first-order valence-corrected chi connectivity index (χ1v) is 7.77. The van der Waals surface area contributed by atoms with Crippen molar-refractivity contribution in [2.45, 2.75) is 44.6 Å². The van der Waals surface area contributed by atoms with Crippen LogP contribution in [0.15, 0.2) is 18.2 Å². The quantitative estimate of drug-likeness (QED) is 0.853. The molecule has 0 bridgehead atoms. The number of hydrogen-bond donors (Lipinski definition) is 1. The Morgan fingerprint density at radius 1 is 1.16 bits per heavy atom. The highest BCUT2D eigenvalue weighted by Crippen LogP contribution is 2.35. The van der Waals surface area contributed by atoms with Crippen LogP contribution in [0.3, 0.4) is 0 Å². The van der Waals surface area contributed by atoms with Crippen molar-refractivity contribution in [1.29, 1.82) is 0 Å². The summed E-state index contributed by atoms with van der Waals surface area (Å²) in [5.74, 6) is 1.20. The van der Waals surface area contributed by atoms with Gasteiger partial charge >= 0.3 is 0 Å². The summed E-state index contributed by atoms with van der Waals surface area (Å²) in [5.41, 5.74) is 0.827. The van der Waals surface area contributed by atoms with Gasteiger partial charge < -0.3 is 5.32 Å². The fourth-order valence-corrected chi connectivity index (χ4v) is 3.39. The van der Waals surface area contributed by atoms with Crippen LogP contribution in [0.5, 0.6) is 0 Å². The number of halogens is 2. The van der Waals surface area contributed by atoms with Crippen LogP contribution in [0.4, 0.5) is 4.39 Å². The lowest BCUT2D eigenvalue weighted by Gasteiger charge is -2.20. The van der Waals surface area contributed by atoms with Crippen LogP contribution in [-0.4, -0.2) is 12.6 Å². The van der Waals surface area contributed by atoms with E-state index in [0.717, 1.165) is 30.5 Å². The zero-order chi connectivity index (χ0) is 13.2. The maximum absolute atomic E-state index is 13.9. The minimum absolute atomic E-state index is 0.145. The summed E-state index contributed by atoms with van der Waals surface area (Å²) in [7, 11) is 0. The van der Waals surface area contributed by atoms with Crippen LogP contribution in [0, 0.1) is 17.7 Å². The molecule has 3 rings (SSSR count). The zero-order valence-corrected chi connectivity index (χ0v) is 11.9. The van der Waals surface area contributed by atoms with Crippen molar-refractivity contribution >= 4 is 11.6 Å². The SMILES string of the molecule is Fc1cc(Cl)ccc1CC1CCCC1CNC1CC1. The van der Waals surface area contributed by atoms with Crippen LogP contribution >= 0.6 is 11.6 Å². The molecule has 0 aromatic heterocycles. The molecular weight excluding hydrogens is 261 g/mol. The number of nitrogens with one attached hydrogen (secondary N) is 1. The summed E-state index contributed by atoms with van der Waals surface area (Å²) in [6.45, 7) is 1.12. The van der Waals surface area contributed by atoms with Gasteiger partial charge in [-0.05, 0) is 68.2 Å². The van der Waals surface area contributed by atoms with E-state index in [4.69, 9.17) is 11.6 Å². The van der Waals surface area contributed by atoms with Gasteiger partial charge in [0.2, 0.25) is 0 Å². The highest BCUT2D eigenvalue weighted by molar-refractivity contribution is 6.30. The van der Waals surface area contributed by atoms with E-state index in [1.54, 1.807) is 6.07 Å². The smallest absolute Gasteiger partial charge is 0.127 e. The van der Waals surface area contributed by atoms with Crippen molar-refractivity contribution in [1.82, 2.24) is 5.32 Å². The second-order valence-electron chi connectivity index (χ2n) is 6.07. The Kier molecular flexibility index (Phi) is 4.09. The maximum atomic E-state index is 13.9. The van der Waals surface area contributed by atoms with Gasteiger partial charge in [-0.2, -0.15) is 0 Å². The van der Waals surface area contributed by atoms with Gasteiger partial charge in [-0.15, -0.1) is 0 Å². The minimum atomic E-state index is -0.145. The molecule has 1 N–H and O–H groups in total. The molecule has 1 nitrogen and oxygen atoms in total. The van der Waals surface area contributed by atoms with Crippen LogP contribution in [0.25, 0.3) is 0 Å². The fourth-order valence-electron chi connectivity index (χ4n) is 3.23. The lowest BCUT2D eigenvalue weighted by atomic mass is 9.89. The Hall–Kier alpha value is -0.600. The van der Waals surface area contributed by atoms with E-state index < -0.39 is 0 Å². The Morgan fingerprint density at radius 3 is 2.68 bits per heavy atom. The molecule has 0 spiro atoms. The first kappa shape index (κ1) is 13.4. The molecule has 1 aromatic rings. The summed E-state index contributed by atoms with van der Waals surface area (Å²) in [4.78, 5) is 0. The summed E-state index contributed by atoms with van der Waals surface area (Å²) >= 11 is 5.80. The summed E-state index contributed by atoms with van der Waals surface area (Å²) in [5, 5.41) is 4.11. The van der Waals surface area contributed by atoms with Crippen molar-refractivity contribution in [3.63, 3.8) is 0 Å². The number of hydrogen-bond acceptors (Lipinski definition) is 1. The van der Waals surface area contributed by atoms with Gasteiger partial charge in [0.1, 0.15) is 5.82 Å². The van der Waals surface area contributed by atoms with Crippen molar-refractivity contribution < 1.29 is 4.39 Å². The van der Waals surface area contributed by atoms with Gasteiger partial charge in [0.15, 0.2) is 0 Å². The molecule has 3 heteroatoms. The van der Waals surface area contributed by atoms with E-state index in [2.05, 4.69) is 5.32 Å². The van der Waals surface area contributed by atoms with Gasteiger partial charge in [-0.1, -0.05) is 24.1 Å². The van der Waals surface area contributed by atoms with Crippen molar-refractivity contribution in [3.05, 3.63) is 34.6 Å². The molecule has 0 heterocycles. The van der Waals surface area contributed by atoms with Crippen LogP contribution in [-0.2, 0) is 6.42 Å². The van der Waals surface area contributed by atoms with E-state index in [1.807, 2.05) is 6.07 Å². The molecule has 0 saturated heterocycles. The minimum Gasteiger partial charge on any atom is -0.314 e. The van der Waals surface area contributed by atoms with Gasteiger partial charge in [-0.3, -0.25) is 0 Å². The van der Waals surface area contributed by atoms with Crippen molar-refractivity contribution in [2.24, 2.45) is 11.8 Å². The van der Waals surface area contributed by atoms with E-state index in [-0.39, 0.29) is 5.82 Å². The topological polar surface area (TPSA) is 12.0 Å². The molecule has 1 aromatic carbocycles. The molecule has 0 amide bonds. The van der Waals surface area contributed by atoms with Gasteiger partial charge in [0, 0.05) is 11.1 Å². The Morgan fingerprint density at radius 2 is 1.95 bits per heavy atom. The van der Waals surface area contributed by atoms with Gasteiger partial charge in [0.05, 0.1) is 0 Å². The fraction of sp³-hybridized carbons (Fsp3) is 0.625. The first-order valence-electron chi connectivity index (χ1n) is 7.39. The van der Waals surface area contributed by atoms with Crippen LogP contribution < -0.4 is 5.32 Å². The molecule has 19 heavy (non-hydrogen) atoms. The maximum Gasteiger partial charge on any atom is 0.127 e. The number of benzene rings is 1. The predicted molar refractivity (Wildman–Crippen MR) is 77.0 cm³/mol. The predicted octanol–water partition coefficient (Wildman–Crippen LogP) is 4.19. The number of rotatable bonds is 5. The molecule has 104 valence electrons. The average Bonchev–Trinajstić information content (AvgIpc) is 3.11. The van der Waals surface area contributed by atoms with Crippen LogP contribution in [0.2, 0.25) is 5.02 Å². The third-order valence-electron chi connectivity index (χ3n) is 4.56. The third-order valence-corrected chi connectivity index (χ3v) is 4.79. The molecule has 2 unspecified atom stereocenters. The molecule has 2 saturated carbocycles. The molecule has 0 aliphatic heterocycles. The molecule has 2 aliphatic rings. The first-order chi connectivity index (χ1) is 9.22. The molecule has 2 atom stereocenters. The molecule has 2 aliphatic carbocycles. The highest BCUT2D eigenvalue weighted by atomic mass is 35.5. The molecule has 0 radical (unpaired) electrons.